The third-order valence-electron chi connectivity index (χ3n) is 4.44. The summed E-state index contributed by atoms with van der Waals surface area (Å²) >= 11 is 0. The number of oxazole rings is 1. The van der Waals surface area contributed by atoms with Gasteiger partial charge in [-0.25, -0.2) is 18.4 Å². The maximum atomic E-state index is 12.9. The van der Waals surface area contributed by atoms with Gasteiger partial charge in [0.2, 0.25) is 0 Å². The number of nitrogens with one attached hydrogen (secondary N) is 1. The first-order valence-corrected chi connectivity index (χ1v) is 10.4. The summed E-state index contributed by atoms with van der Waals surface area (Å²) in [6.45, 7) is 0. The minimum absolute atomic E-state index is 0.107. The lowest BCUT2D eigenvalue weighted by Gasteiger charge is -2.09. The summed E-state index contributed by atoms with van der Waals surface area (Å²) in [7, 11) is -3.84. The van der Waals surface area contributed by atoms with Crippen LogP contribution in [-0.4, -0.2) is 33.0 Å². The molecule has 0 unspecified atom stereocenters. The van der Waals surface area contributed by atoms with Crippen LogP contribution in [0.2, 0.25) is 0 Å². The number of hydrogen-bond acceptors (Lipinski definition) is 7. The van der Waals surface area contributed by atoms with E-state index in [-0.39, 0.29) is 10.7 Å². The number of pyridine rings is 1. The molecule has 0 aliphatic heterocycles. The van der Waals surface area contributed by atoms with Gasteiger partial charge in [0.15, 0.2) is 17.8 Å². The number of sulfonamides is 1. The molecule has 0 radical (unpaired) electrons. The predicted molar refractivity (Wildman–Crippen MR) is 109 cm³/mol. The van der Waals surface area contributed by atoms with Gasteiger partial charge in [-0.05, 0) is 42.5 Å². The summed E-state index contributed by atoms with van der Waals surface area (Å²) in [6, 6.07) is 13.3. The van der Waals surface area contributed by atoms with E-state index in [2.05, 4.69) is 24.8 Å². The smallest absolute Gasteiger partial charge is 0.263 e. The number of rotatable bonds is 5. The third kappa shape index (κ3) is 3.29. The molecule has 0 saturated carbocycles. The molecule has 9 nitrogen and oxygen atoms in total. The van der Waals surface area contributed by atoms with Crippen LogP contribution < -0.4 is 4.72 Å². The van der Waals surface area contributed by atoms with E-state index in [0.29, 0.717) is 17.1 Å². The minimum atomic E-state index is -3.84. The maximum absolute atomic E-state index is 12.9. The Bertz CT molecular complexity index is 1410. The highest BCUT2D eigenvalue weighted by atomic mass is 32.2. The SMILES string of the molecule is O=S(=O)(Nc1ccnc2cc(-c3cccnc3)nn12)c1ccc(-c2cnco2)cc1. The molecule has 0 atom stereocenters. The monoisotopic (exact) mass is 418 g/mol. The van der Waals surface area contributed by atoms with Gasteiger partial charge >= 0.3 is 0 Å². The number of benzene rings is 1. The zero-order valence-corrected chi connectivity index (χ0v) is 16.2. The Balaban J connectivity index is 1.48. The number of anilines is 1. The van der Waals surface area contributed by atoms with Gasteiger partial charge in [-0.2, -0.15) is 9.61 Å². The molecular weight excluding hydrogens is 404 g/mol. The van der Waals surface area contributed by atoms with Gasteiger partial charge in [-0.15, -0.1) is 0 Å². The molecule has 0 aliphatic carbocycles. The maximum Gasteiger partial charge on any atom is 0.263 e. The van der Waals surface area contributed by atoms with Crippen molar-refractivity contribution < 1.29 is 12.8 Å². The Kier molecular flexibility index (Phi) is 4.25. The lowest BCUT2D eigenvalue weighted by atomic mass is 10.2. The van der Waals surface area contributed by atoms with Gasteiger partial charge in [0.1, 0.15) is 5.82 Å². The van der Waals surface area contributed by atoms with E-state index in [1.54, 1.807) is 48.9 Å². The second-order valence-electron chi connectivity index (χ2n) is 6.37. The zero-order chi connectivity index (χ0) is 20.6. The van der Waals surface area contributed by atoms with Crippen molar-refractivity contribution in [2.24, 2.45) is 0 Å². The molecule has 0 saturated heterocycles. The van der Waals surface area contributed by atoms with E-state index < -0.39 is 10.0 Å². The standard InChI is InChI=1S/C20H14N6O3S/c27-30(28,16-5-3-14(4-6-16)18-12-22-13-29-18)25-19-7-9-23-20-10-17(24-26(19)20)15-2-1-8-21-11-15/h1-13,25H. The lowest BCUT2D eigenvalue weighted by molar-refractivity contribution is 0.572. The summed E-state index contributed by atoms with van der Waals surface area (Å²) in [5.41, 5.74) is 2.68. The topological polar surface area (TPSA) is 115 Å². The summed E-state index contributed by atoms with van der Waals surface area (Å²) in [5, 5.41) is 4.48. The molecule has 4 aromatic heterocycles. The van der Waals surface area contributed by atoms with Crippen molar-refractivity contribution in [2.75, 3.05) is 4.72 Å². The van der Waals surface area contributed by atoms with Crippen molar-refractivity contribution in [3.8, 4) is 22.6 Å². The van der Waals surface area contributed by atoms with E-state index in [1.807, 2.05) is 6.07 Å². The first-order valence-electron chi connectivity index (χ1n) is 8.87. The second kappa shape index (κ2) is 7.08. The molecule has 0 spiro atoms. The van der Waals surface area contributed by atoms with Crippen molar-refractivity contribution in [3.63, 3.8) is 0 Å². The molecule has 0 amide bonds. The highest BCUT2D eigenvalue weighted by Gasteiger charge is 2.17. The van der Waals surface area contributed by atoms with Gasteiger partial charge in [-0.1, -0.05) is 0 Å². The fraction of sp³-hybridized carbons (Fsp3) is 0. The molecular formula is C20H14N6O3S. The Hall–Kier alpha value is -4.05. The van der Waals surface area contributed by atoms with E-state index in [4.69, 9.17) is 4.42 Å². The number of aromatic nitrogens is 5. The summed E-state index contributed by atoms with van der Waals surface area (Å²) < 4.78 is 35.1. The van der Waals surface area contributed by atoms with Gasteiger partial charge < -0.3 is 4.42 Å². The second-order valence-corrected chi connectivity index (χ2v) is 8.05. The van der Waals surface area contributed by atoms with Crippen LogP contribution in [0.15, 0.2) is 89.0 Å². The van der Waals surface area contributed by atoms with Crippen molar-refractivity contribution in [1.29, 1.82) is 0 Å². The van der Waals surface area contributed by atoms with Crippen molar-refractivity contribution in [2.45, 2.75) is 4.90 Å². The van der Waals surface area contributed by atoms with E-state index in [1.165, 1.54) is 29.2 Å². The van der Waals surface area contributed by atoms with Gasteiger partial charge in [-0.3, -0.25) is 9.71 Å². The molecule has 0 fully saturated rings. The van der Waals surface area contributed by atoms with Gasteiger partial charge in [0.05, 0.1) is 16.8 Å². The van der Waals surface area contributed by atoms with Gasteiger partial charge in [0.25, 0.3) is 10.0 Å². The van der Waals surface area contributed by atoms with Crippen LogP contribution in [0.3, 0.4) is 0 Å². The van der Waals surface area contributed by atoms with Gasteiger partial charge in [0, 0.05) is 35.8 Å². The largest absolute Gasteiger partial charge is 0.444 e. The molecule has 30 heavy (non-hydrogen) atoms. The summed E-state index contributed by atoms with van der Waals surface area (Å²) in [4.78, 5) is 12.3. The predicted octanol–water partition coefficient (Wildman–Crippen LogP) is 3.25. The van der Waals surface area contributed by atoms with Crippen molar-refractivity contribution in [1.82, 2.24) is 24.6 Å². The first kappa shape index (κ1) is 18.0. The van der Waals surface area contributed by atoms with Crippen LogP contribution in [0.4, 0.5) is 5.82 Å². The van der Waals surface area contributed by atoms with Crippen LogP contribution in [0.5, 0.6) is 0 Å². The fourth-order valence-electron chi connectivity index (χ4n) is 2.98. The highest BCUT2D eigenvalue weighted by Crippen LogP contribution is 2.24. The molecule has 4 heterocycles. The van der Waals surface area contributed by atoms with Crippen LogP contribution in [0.25, 0.3) is 28.2 Å². The number of nitrogens with zero attached hydrogens (tertiary/aromatic N) is 5. The molecule has 10 heteroatoms. The number of hydrogen-bond donors (Lipinski definition) is 1. The Morgan fingerprint density at radius 3 is 2.53 bits per heavy atom. The summed E-state index contributed by atoms with van der Waals surface area (Å²) in [5.74, 6) is 0.830. The average molecular weight is 418 g/mol. The molecule has 5 rings (SSSR count). The van der Waals surface area contributed by atoms with Crippen molar-refractivity contribution >= 4 is 21.5 Å². The van der Waals surface area contributed by atoms with E-state index in [0.717, 1.165) is 11.1 Å². The fourth-order valence-corrected chi connectivity index (χ4v) is 4.02. The van der Waals surface area contributed by atoms with Crippen LogP contribution in [0, 0.1) is 0 Å². The third-order valence-corrected chi connectivity index (χ3v) is 5.81. The van der Waals surface area contributed by atoms with Crippen LogP contribution in [0.1, 0.15) is 0 Å². The first-order chi connectivity index (χ1) is 14.6. The van der Waals surface area contributed by atoms with Crippen LogP contribution >= 0.6 is 0 Å². The Morgan fingerprint density at radius 2 is 1.80 bits per heavy atom. The lowest BCUT2D eigenvalue weighted by Crippen LogP contribution is -2.15. The average Bonchev–Trinajstić information content (AvgIpc) is 3.45. The molecule has 1 aromatic carbocycles. The highest BCUT2D eigenvalue weighted by molar-refractivity contribution is 7.92. The molecule has 0 bridgehead atoms. The molecule has 148 valence electrons. The number of fused-ring (bicyclic) bond motifs is 1. The molecule has 1 N–H and O–H groups in total. The minimum Gasteiger partial charge on any atom is -0.444 e. The van der Waals surface area contributed by atoms with Crippen LogP contribution in [-0.2, 0) is 10.0 Å². The van der Waals surface area contributed by atoms with Crippen molar-refractivity contribution in [3.05, 3.63) is 79.7 Å². The zero-order valence-electron chi connectivity index (χ0n) is 15.4. The van der Waals surface area contributed by atoms with E-state index in [9.17, 15) is 8.42 Å². The summed E-state index contributed by atoms with van der Waals surface area (Å²) in [6.07, 6.45) is 7.76. The Morgan fingerprint density at radius 1 is 0.933 bits per heavy atom. The normalized spacial score (nSPS) is 11.6. The quantitative estimate of drug-likeness (QED) is 0.466. The molecule has 5 aromatic rings. The van der Waals surface area contributed by atoms with E-state index >= 15 is 0 Å². The molecule has 0 aliphatic rings. The Labute approximate surface area is 171 Å².